The van der Waals surface area contributed by atoms with Crippen LogP contribution >= 0.6 is 22.5 Å². The van der Waals surface area contributed by atoms with Crippen LogP contribution in [0.25, 0.3) is 0 Å². The first-order valence-corrected chi connectivity index (χ1v) is 5.13. The molecule has 1 aromatic heterocycles. The summed E-state index contributed by atoms with van der Waals surface area (Å²) >= 11 is 4.04. The van der Waals surface area contributed by atoms with E-state index in [1.807, 2.05) is 24.4 Å². The van der Waals surface area contributed by atoms with Crippen molar-refractivity contribution in [1.82, 2.24) is 4.98 Å². The van der Waals surface area contributed by atoms with Gasteiger partial charge in [-0.2, -0.15) is 0 Å². The molecule has 10 heavy (non-hydrogen) atoms. The number of rotatable bonds is 3. The number of hydrogen-bond donors (Lipinski definition) is 1. The number of aromatic nitrogens is 1. The highest BCUT2D eigenvalue weighted by Crippen LogP contribution is 2.07. The molecule has 0 spiro atoms. The Hall–Kier alpha value is -0.150. The van der Waals surface area contributed by atoms with Gasteiger partial charge in [0, 0.05) is 17.6 Å². The van der Waals surface area contributed by atoms with Crippen molar-refractivity contribution in [3.05, 3.63) is 30.1 Å². The minimum Gasteiger partial charge on any atom is -0.261 e. The molecule has 0 aliphatic heterocycles. The highest BCUT2D eigenvalue weighted by molar-refractivity contribution is 8.68. The highest BCUT2D eigenvalue weighted by atomic mass is 33.1. The fourth-order valence-corrected chi connectivity index (χ4v) is 1.27. The number of pyridine rings is 1. The third kappa shape index (κ3) is 2.62. The molecule has 1 rings (SSSR count). The first-order valence-electron chi connectivity index (χ1n) is 3.10. The fourth-order valence-electron chi connectivity index (χ4n) is 0.696. The van der Waals surface area contributed by atoms with Crippen LogP contribution in [0.1, 0.15) is 5.69 Å². The molecule has 0 atom stereocenters. The monoisotopic (exact) mass is 171 g/mol. The lowest BCUT2D eigenvalue weighted by atomic mass is 10.3. The number of nitrogens with zero attached hydrogens (tertiary/aromatic N) is 1. The molecular weight excluding hydrogens is 162 g/mol. The van der Waals surface area contributed by atoms with Gasteiger partial charge in [0.25, 0.3) is 0 Å². The van der Waals surface area contributed by atoms with E-state index >= 15 is 0 Å². The summed E-state index contributed by atoms with van der Waals surface area (Å²) in [6.45, 7) is 0. The molecule has 1 nitrogen and oxygen atoms in total. The van der Waals surface area contributed by atoms with Gasteiger partial charge in [0.15, 0.2) is 0 Å². The Morgan fingerprint density at radius 2 is 2.40 bits per heavy atom. The predicted octanol–water partition coefficient (Wildman–Crippen LogP) is 2.20. The molecule has 0 amide bonds. The molecule has 0 aliphatic rings. The molecule has 54 valence electrons. The zero-order valence-corrected chi connectivity index (χ0v) is 7.24. The molecular formula is C7H9NS2. The van der Waals surface area contributed by atoms with Gasteiger partial charge in [-0.05, 0) is 18.6 Å². The van der Waals surface area contributed by atoms with Crippen LogP contribution in [0.2, 0.25) is 0 Å². The normalized spacial score (nSPS) is 9.70. The van der Waals surface area contributed by atoms with Gasteiger partial charge in [0.2, 0.25) is 0 Å². The van der Waals surface area contributed by atoms with Crippen LogP contribution in [0, 0.1) is 0 Å². The second-order valence-corrected chi connectivity index (χ2v) is 3.35. The van der Waals surface area contributed by atoms with E-state index in [0.29, 0.717) is 0 Å². The Balaban J connectivity index is 2.43. The van der Waals surface area contributed by atoms with E-state index in [1.165, 1.54) is 0 Å². The lowest BCUT2D eigenvalue weighted by molar-refractivity contribution is 1.05. The van der Waals surface area contributed by atoms with Gasteiger partial charge in [-0.3, -0.25) is 4.98 Å². The Morgan fingerprint density at radius 3 is 3.00 bits per heavy atom. The van der Waals surface area contributed by atoms with Gasteiger partial charge in [0.05, 0.1) is 0 Å². The minimum atomic E-state index is 1.01. The third-order valence-corrected chi connectivity index (χ3v) is 2.11. The average Bonchev–Trinajstić information content (AvgIpc) is 2.03. The Morgan fingerprint density at radius 1 is 1.50 bits per heavy atom. The lowest BCUT2D eigenvalue weighted by Crippen LogP contribution is -1.89. The van der Waals surface area contributed by atoms with E-state index in [4.69, 9.17) is 0 Å². The van der Waals surface area contributed by atoms with Crippen LogP contribution in [0.3, 0.4) is 0 Å². The SMILES string of the molecule is SSCCc1ccccn1. The van der Waals surface area contributed by atoms with Crippen molar-refractivity contribution in [2.45, 2.75) is 6.42 Å². The van der Waals surface area contributed by atoms with Crippen LogP contribution in [0.5, 0.6) is 0 Å². The van der Waals surface area contributed by atoms with Crippen LogP contribution < -0.4 is 0 Å². The Kier molecular flexibility index (Phi) is 3.68. The molecule has 1 heterocycles. The maximum Gasteiger partial charge on any atom is 0.0412 e. The average molecular weight is 171 g/mol. The molecule has 0 saturated carbocycles. The number of thiol groups is 1. The maximum absolute atomic E-state index is 4.17. The smallest absolute Gasteiger partial charge is 0.0412 e. The van der Waals surface area contributed by atoms with Crippen LogP contribution in [-0.4, -0.2) is 10.7 Å². The van der Waals surface area contributed by atoms with Crippen LogP contribution in [0.4, 0.5) is 0 Å². The van der Waals surface area contributed by atoms with Crippen molar-refractivity contribution in [3.8, 4) is 0 Å². The quantitative estimate of drug-likeness (QED) is 0.553. The van der Waals surface area contributed by atoms with E-state index in [9.17, 15) is 0 Å². The largest absolute Gasteiger partial charge is 0.261 e. The molecule has 0 aliphatic carbocycles. The summed E-state index contributed by atoms with van der Waals surface area (Å²) < 4.78 is 0. The molecule has 3 heteroatoms. The lowest BCUT2D eigenvalue weighted by Gasteiger charge is -1.94. The number of hydrogen-bond acceptors (Lipinski definition) is 3. The number of aryl methyl sites for hydroxylation is 1. The van der Waals surface area contributed by atoms with Crippen LogP contribution in [0.15, 0.2) is 24.4 Å². The summed E-state index contributed by atoms with van der Waals surface area (Å²) in [6.07, 6.45) is 2.83. The summed E-state index contributed by atoms with van der Waals surface area (Å²) in [4.78, 5) is 4.17. The molecule has 0 fully saturated rings. The van der Waals surface area contributed by atoms with E-state index in [0.717, 1.165) is 17.9 Å². The minimum absolute atomic E-state index is 1.01. The van der Waals surface area contributed by atoms with Crippen molar-refractivity contribution in [2.24, 2.45) is 0 Å². The van der Waals surface area contributed by atoms with E-state index in [-0.39, 0.29) is 0 Å². The second-order valence-electron chi connectivity index (χ2n) is 1.90. The van der Waals surface area contributed by atoms with Gasteiger partial charge in [-0.25, -0.2) is 0 Å². The highest BCUT2D eigenvalue weighted by Gasteiger charge is 1.89. The summed E-state index contributed by atoms with van der Waals surface area (Å²) in [5, 5.41) is 0. The zero-order valence-electron chi connectivity index (χ0n) is 5.53. The van der Waals surface area contributed by atoms with E-state index in [1.54, 1.807) is 10.8 Å². The first-order chi connectivity index (χ1) is 4.93. The molecule has 0 radical (unpaired) electrons. The summed E-state index contributed by atoms with van der Waals surface area (Å²) in [7, 11) is 1.55. The molecule has 0 bridgehead atoms. The maximum atomic E-state index is 4.17. The Bertz CT molecular complexity index is 176. The zero-order chi connectivity index (χ0) is 7.23. The molecule has 0 saturated heterocycles. The van der Waals surface area contributed by atoms with Gasteiger partial charge in [-0.1, -0.05) is 16.9 Å². The summed E-state index contributed by atoms with van der Waals surface area (Å²) in [5.74, 6) is 1.03. The first kappa shape index (κ1) is 7.95. The molecule has 0 unspecified atom stereocenters. The van der Waals surface area contributed by atoms with E-state index < -0.39 is 0 Å². The third-order valence-electron chi connectivity index (χ3n) is 1.18. The second kappa shape index (κ2) is 4.63. The van der Waals surface area contributed by atoms with E-state index in [2.05, 4.69) is 16.6 Å². The van der Waals surface area contributed by atoms with Crippen molar-refractivity contribution in [2.75, 3.05) is 5.75 Å². The topological polar surface area (TPSA) is 12.9 Å². The van der Waals surface area contributed by atoms with Gasteiger partial charge < -0.3 is 0 Å². The van der Waals surface area contributed by atoms with Crippen molar-refractivity contribution in [3.63, 3.8) is 0 Å². The molecule has 0 aromatic carbocycles. The van der Waals surface area contributed by atoms with Crippen molar-refractivity contribution >= 4 is 22.5 Å². The Labute approximate surface area is 70.1 Å². The van der Waals surface area contributed by atoms with Crippen molar-refractivity contribution in [1.29, 1.82) is 0 Å². The summed E-state index contributed by atoms with van der Waals surface area (Å²) in [6, 6.07) is 5.97. The molecule has 0 N–H and O–H groups in total. The summed E-state index contributed by atoms with van der Waals surface area (Å²) in [5.41, 5.74) is 1.14. The van der Waals surface area contributed by atoms with Gasteiger partial charge >= 0.3 is 0 Å². The van der Waals surface area contributed by atoms with Crippen LogP contribution in [-0.2, 0) is 6.42 Å². The molecule has 1 aromatic rings. The predicted molar refractivity (Wildman–Crippen MR) is 49.4 cm³/mol. The standard InChI is InChI=1S/C7H9NS2/c9-10-6-4-7-3-1-2-5-8-7/h1-3,5,9H,4,6H2. The van der Waals surface area contributed by atoms with Gasteiger partial charge in [0.1, 0.15) is 0 Å². The van der Waals surface area contributed by atoms with Gasteiger partial charge in [-0.15, -0.1) is 11.7 Å². The fraction of sp³-hybridized carbons (Fsp3) is 0.286. The van der Waals surface area contributed by atoms with Crippen molar-refractivity contribution < 1.29 is 0 Å².